The molecule has 0 fully saturated rings. The summed E-state index contributed by atoms with van der Waals surface area (Å²) in [5.74, 6) is -0.0140. The van der Waals surface area contributed by atoms with Crippen LogP contribution in [0, 0.1) is 10.1 Å². The van der Waals surface area contributed by atoms with E-state index in [0.717, 1.165) is 6.20 Å². The van der Waals surface area contributed by atoms with Gasteiger partial charge in [0.05, 0.1) is 15.0 Å². The number of nitro groups is 1. The lowest BCUT2D eigenvalue weighted by Gasteiger charge is -2.09. The van der Waals surface area contributed by atoms with E-state index in [1.54, 1.807) is 18.2 Å². The van der Waals surface area contributed by atoms with Crippen molar-refractivity contribution in [2.45, 2.75) is 6.92 Å². The molecular weight excluding hydrogens is 371 g/mol. The van der Waals surface area contributed by atoms with E-state index < -0.39 is 4.92 Å². The molecule has 2 rings (SSSR count). The zero-order chi connectivity index (χ0) is 18.4. The molecule has 0 aliphatic heterocycles. The minimum Gasteiger partial charge on any atom is -0.362 e. The van der Waals surface area contributed by atoms with Gasteiger partial charge in [-0.2, -0.15) is 4.98 Å². The third-order valence-corrected chi connectivity index (χ3v) is 3.67. The standard InChI is InChI=1S/C14H14Cl2N6O3/c1-8(23)17-4-5-18-13-12(22(24)25)7-19-14(21-13)20-9-2-3-10(15)11(16)6-9/h2-3,6-7H,4-5H2,1H3,(H,17,23)(H2,18,19,20,21). The van der Waals surface area contributed by atoms with Crippen molar-refractivity contribution in [1.29, 1.82) is 0 Å². The van der Waals surface area contributed by atoms with Crippen LogP contribution in [0.2, 0.25) is 10.0 Å². The SMILES string of the molecule is CC(=O)NCCNc1nc(Nc2ccc(Cl)c(Cl)c2)ncc1[N+](=O)[O-]. The second-order valence-electron chi connectivity index (χ2n) is 4.85. The van der Waals surface area contributed by atoms with Crippen molar-refractivity contribution in [3.8, 4) is 0 Å². The van der Waals surface area contributed by atoms with Crippen LogP contribution in [0.1, 0.15) is 6.92 Å². The monoisotopic (exact) mass is 384 g/mol. The minimum atomic E-state index is -0.594. The van der Waals surface area contributed by atoms with Crippen LogP contribution < -0.4 is 16.0 Å². The molecule has 9 nitrogen and oxygen atoms in total. The largest absolute Gasteiger partial charge is 0.362 e. The highest BCUT2D eigenvalue weighted by Gasteiger charge is 2.17. The topological polar surface area (TPSA) is 122 Å². The molecule has 0 spiro atoms. The first-order chi connectivity index (χ1) is 11.9. The van der Waals surface area contributed by atoms with Crippen molar-refractivity contribution in [3.63, 3.8) is 0 Å². The first-order valence-corrected chi connectivity index (χ1v) is 7.84. The number of carbonyl (C=O) groups excluding carboxylic acids is 1. The molecule has 0 aliphatic rings. The van der Waals surface area contributed by atoms with Gasteiger partial charge < -0.3 is 16.0 Å². The van der Waals surface area contributed by atoms with Gasteiger partial charge >= 0.3 is 5.69 Å². The fourth-order valence-electron chi connectivity index (χ4n) is 1.82. The summed E-state index contributed by atoms with van der Waals surface area (Å²) in [5.41, 5.74) is 0.301. The molecule has 0 saturated heterocycles. The highest BCUT2D eigenvalue weighted by molar-refractivity contribution is 6.42. The molecular formula is C14H14Cl2N6O3. The Labute approximate surface area is 152 Å². The molecule has 25 heavy (non-hydrogen) atoms. The van der Waals surface area contributed by atoms with Crippen LogP contribution in [0.25, 0.3) is 0 Å². The lowest BCUT2D eigenvalue weighted by atomic mass is 10.3. The van der Waals surface area contributed by atoms with Gasteiger partial charge in [0.1, 0.15) is 6.20 Å². The number of benzene rings is 1. The van der Waals surface area contributed by atoms with Crippen LogP contribution in [-0.2, 0) is 4.79 Å². The quantitative estimate of drug-likeness (QED) is 0.380. The molecule has 1 amide bonds. The minimum absolute atomic E-state index is 0.0351. The molecule has 1 heterocycles. The van der Waals surface area contributed by atoms with E-state index in [4.69, 9.17) is 23.2 Å². The van der Waals surface area contributed by atoms with Gasteiger partial charge in [-0.3, -0.25) is 14.9 Å². The fraction of sp³-hybridized carbons (Fsp3) is 0.214. The molecule has 0 unspecified atom stereocenters. The van der Waals surface area contributed by atoms with E-state index >= 15 is 0 Å². The van der Waals surface area contributed by atoms with Crippen LogP contribution in [0.15, 0.2) is 24.4 Å². The van der Waals surface area contributed by atoms with E-state index in [2.05, 4.69) is 25.9 Å². The lowest BCUT2D eigenvalue weighted by Crippen LogP contribution is -2.26. The third kappa shape index (κ3) is 5.44. The predicted octanol–water partition coefficient (Wildman–Crippen LogP) is 2.98. The van der Waals surface area contributed by atoms with Crippen molar-refractivity contribution in [2.24, 2.45) is 0 Å². The first kappa shape index (κ1) is 18.7. The smallest absolute Gasteiger partial charge is 0.329 e. The maximum Gasteiger partial charge on any atom is 0.329 e. The molecule has 0 bridgehead atoms. The van der Waals surface area contributed by atoms with Crippen LogP contribution in [0.5, 0.6) is 0 Å². The Hall–Kier alpha value is -2.65. The molecule has 0 radical (unpaired) electrons. The molecule has 1 aromatic carbocycles. The van der Waals surface area contributed by atoms with E-state index in [-0.39, 0.29) is 29.9 Å². The number of hydrogen-bond acceptors (Lipinski definition) is 7. The number of anilines is 3. The number of carbonyl (C=O) groups is 1. The Balaban J connectivity index is 2.16. The molecule has 0 saturated carbocycles. The fourth-order valence-corrected chi connectivity index (χ4v) is 2.12. The predicted molar refractivity (Wildman–Crippen MR) is 95.6 cm³/mol. The molecule has 1 aromatic heterocycles. The zero-order valence-corrected chi connectivity index (χ0v) is 14.6. The molecule has 2 aromatic rings. The van der Waals surface area contributed by atoms with Gasteiger partial charge in [-0.15, -0.1) is 0 Å². The van der Waals surface area contributed by atoms with Crippen molar-refractivity contribution < 1.29 is 9.72 Å². The maximum atomic E-state index is 11.1. The van der Waals surface area contributed by atoms with Crippen molar-refractivity contribution in [2.75, 3.05) is 23.7 Å². The van der Waals surface area contributed by atoms with Crippen LogP contribution in [-0.4, -0.2) is 33.9 Å². The molecule has 0 aliphatic carbocycles. The van der Waals surface area contributed by atoms with Gasteiger partial charge in [0.15, 0.2) is 0 Å². The van der Waals surface area contributed by atoms with Crippen molar-refractivity contribution in [3.05, 3.63) is 44.6 Å². The summed E-state index contributed by atoms with van der Waals surface area (Å²) in [5, 5.41) is 20.1. The number of amides is 1. The Morgan fingerprint density at radius 3 is 2.68 bits per heavy atom. The van der Waals surface area contributed by atoms with Crippen LogP contribution in [0.3, 0.4) is 0 Å². The van der Waals surface area contributed by atoms with E-state index in [9.17, 15) is 14.9 Å². The number of rotatable bonds is 7. The van der Waals surface area contributed by atoms with Gasteiger partial charge in [0, 0.05) is 25.7 Å². The summed E-state index contributed by atoms with van der Waals surface area (Å²) < 4.78 is 0. The summed E-state index contributed by atoms with van der Waals surface area (Å²) in [6, 6.07) is 4.85. The Morgan fingerprint density at radius 1 is 1.28 bits per heavy atom. The Morgan fingerprint density at radius 2 is 2.04 bits per heavy atom. The van der Waals surface area contributed by atoms with Gasteiger partial charge in [-0.1, -0.05) is 23.2 Å². The summed E-state index contributed by atoms with van der Waals surface area (Å²) in [6.07, 6.45) is 1.09. The Bertz CT molecular complexity index is 802. The van der Waals surface area contributed by atoms with Crippen LogP contribution in [0.4, 0.5) is 23.1 Å². The highest BCUT2D eigenvalue weighted by Crippen LogP contribution is 2.27. The van der Waals surface area contributed by atoms with E-state index in [1.165, 1.54) is 6.92 Å². The highest BCUT2D eigenvalue weighted by atomic mass is 35.5. The zero-order valence-electron chi connectivity index (χ0n) is 13.0. The molecule has 0 atom stereocenters. The van der Waals surface area contributed by atoms with Gasteiger partial charge in [0.25, 0.3) is 0 Å². The number of halogens is 2. The van der Waals surface area contributed by atoms with E-state index in [0.29, 0.717) is 22.3 Å². The van der Waals surface area contributed by atoms with Crippen LogP contribution >= 0.6 is 23.2 Å². The van der Waals surface area contributed by atoms with Gasteiger partial charge in [-0.25, -0.2) is 4.98 Å². The normalized spacial score (nSPS) is 10.2. The summed E-state index contributed by atoms with van der Waals surface area (Å²) in [7, 11) is 0. The van der Waals surface area contributed by atoms with E-state index in [1.807, 2.05) is 0 Å². The number of nitrogens with zero attached hydrogens (tertiary/aromatic N) is 3. The average Bonchev–Trinajstić information content (AvgIpc) is 2.55. The third-order valence-electron chi connectivity index (χ3n) is 2.93. The second-order valence-corrected chi connectivity index (χ2v) is 5.66. The summed E-state index contributed by atoms with van der Waals surface area (Å²) in [6.45, 7) is 1.95. The Kier molecular flexibility index (Phi) is 6.31. The lowest BCUT2D eigenvalue weighted by molar-refractivity contribution is -0.384. The maximum absolute atomic E-state index is 11.1. The number of aromatic nitrogens is 2. The molecule has 132 valence electrons. The summed E-state index contributed by atoms with van der Waals surface area (Å²) >= 11 is 11.8. The van der Waals surface area contributed by atoms with Gasteiger partial charge in [0.2, 0.25) is 17.7 Å². The molecule has 3 N–H and O–H groups in total. The number of nitrogens with one attached hydrogen (secondary N) is 3. The van der Waals surface area contributed by atoms with Crippen molar-refractivity contribution >= 4 is 52.3 Å². The van der Waals surface area contributed by atoms with Gasteiger partial charge in [-0.05, 0) is 18.2 Å². The number of hydrogen-bond donors (Lipinski definition) is 3. The second kappa shape index (κ2) is 8.45. The first-order valence-electron chi connectivity index (χ1n) is 7.08. The summed E-state index contributed by atoms with van der Waals surface area (Å²) in [4.78, 5) is 29.3. The van der Waals surface area contributed by atoms with Crippen molar-refractivity contribution in [1.82, 2.24) is 15.3 Å². The molecule has 11 heteroatoms. The average molecular weight is 385 g/mol.